The van der Waals surface area contributed by atoms with Gasteiger partial charge in [0.15, 0.2) is 5.65 Å². The minimum absolute atomic E-state index is 0.725. The molecular weight excluding hydrogens is 202 g/mol. The highest BCUT2D eigenvalue weighted by Gasteiger charge is 2.02. The summed E-state index contributed by atoms with van der Waals surface area (Å²) in [4.78, 5) is 0. The zero-order chi connectivity index (χ0) is 11.0. The molecule has 3 aromatic rings. The lowest BCUT2D eigenvalue weighted by Crippen LogP contribution is -1.93. The van der Waals surface area contributed by atoms with E-state index in [0.29, 0.717) is 0 Å². The zero-order valence-electron chi connectivity index (χ0n) is 8.41. The fourth-order valence-corrected chi connectivity index (χ4v) is 1.58. The molecular formula is C11H9N5. The van der Waals surface area contributed by atoms with Crippen molar-refractivity contribution < 1.29 is 0 Å². The molecule has 2 aromatic heterocycles. The standard InChI is InChI=1S/C11H9N5/c12-9-3-1-2-8(6-9)10-4-5-11-14-13-7-16(11)15-10/h1-7H,12H2. The van der Waals surface area contributed by atoms with Crippen molar-refractivity contribution in [1.29, 1.82) is 0 Å². The van der Waals surface area contributed by atoms with Crippen LogP contribution in [0.25, 0.3) is 16.9 Å². The molecule has 16 heavy (non-hydrogen) atoms. The topological polar surface area (TPSA) is 69.1 Å². The fourth-order valence-electron chi connectivity index (χ4n) is 1.58. The summed E-state index contributed by atoms with van der Waals surface area (Å²) in [6, 6.07) is 11.4. The summed E-state index contributed by atoms with van der Waals surface area (Å²) >= 11 is 0. The van der Waals surface area contributed by atoms with Crippen LogP contribution in [-0.4, -0.2) is 19.8 Å². The SMILES string of the molecule is Nc1cccc(-c2ccc3nncn3n2)c1. The quantitative estimate of drug-likeness (QED) is 0.617. The van der Waals surface area contributed by atoms with Gasteiger partial charge in [0.1, 0.15) is 6.33 Å². The summed E-state index contributed by atoms with van der Waals surface area (Å²) in [7, 11) is 0. The van der Waals surface area contributed by atoms with Crippen LogP contribution in [0.3, 0.4) is 0 Å². The van der Waals surface area contributed by atoms with E-state index in [1.165, 1.54) is 0 Å². The number of nitrogens with two attached hydrogens (primary N) is 1. The van der Waals surface area contributed by atoms with E-state index >= 15 is 0 Å². The molecule has 0 spiro atoms. The highest BCUT2D eigenvalue weighted by atomic mass is 15.3. The van der Waals surface area contributed by atoms with Crippen LogP contribution < -0.4 is 5.73 Å². The highest BCUT2D eigenvalue weighted by Crippen LogP contribution is 2.18. The third kappa shape index (κ3) is 1.38. The number of fused-ring (bicyclic) bond motifs is 1. The predicted molar refractivity (Wildman–Crippen MR) is 60.6 cm³/mol. The first-order valence-corrected chi connectivity index (χ1v) is 4.86. The third-order valence-corrected chi connectivity index (χ3v) is 2.34. The Kier molecular flexibility index (Phi) is 1.83. The number of anilines is 1. The summed E-state index contributed by atoms with van der Waals surface area (Å²) in [6.45, 7) is 0. The first-order valence-electron chi connectivity index (χ1n) is 4.86. The largest absolute Gasteiger partial charge is 0.399 e. The van der Waals surface area contributed by atoms with Gasteiger partial charge in [-0.15, -0.1) is 10.2 Å². The van der Waals surface area contributed by atoms with Crippen molar-refractivity contribution >= 4 is 11.3 Å². The molecule has 0 amide bonds. The number of nitrogens with zero attached hydrogens (tertiary/aromatic N) is 4. The van der Waals surface area contributed by atoms with Crippen LogP contribution in [0.5, 0.6) is 0 Å². The van der Waals surface area contributed by atoms with E-state index in [2.05, 4.69) is 15.3 Å². The van der Waals surface area contributed by atoms with Crippen molar-refractivity contribution in [2.24, 2.45) is 0 Å². The van der Waals surface area contributed by atoms with Gasteiger partial charge in [-0.1, -0.05) is 12.1 Å². The third-order valence-electron chi connectivity index (χ3n) is 2.34. The summed E-state index contributed by atoms with van der Waals surface area (Å²) in [5.74, 6) is 0. The lowest BCUT2D eigenvalue weighted by Gasteiger charge is -2.01. The second-order valence-electron chi connectivity index (χ2n) is 3.48. The van der Waals surface area contributed by atoms with Crippen LogP contribution >= 0.6 is 0 Å². The van der Waals surface area contributed by atoms with Crippen LogP contribution in [0, 0.1) is 0 Å². The average Bonchev–Trinajstić information content (AvgIpc) is 2.75. The number of aromatic nitrogens is 4. The molecule has 0 aliphatic carbocycles. The van der Waals surface area contributed by atoms with E-state index in [9.17, 15) is 0 Å². The van der Waals surface area contributed by atoms with Crippen molar-refractivity contribution in [3.8, 4) is 11.3 Å². The maximum Gasteiger partial charge on any atom is 0.177 e. The van der Waals surface area contributed by atoms with Crippen molar-refractivity contribution in [3.05, 3.63) is 42.7 Å². The van der Waals surface area contributed by atoms with E-state index in [1.54, 1.807) is 10.8 Å². The molecule has 0 bridgehead atoms. The fraction of sp³-hybridized carbons (Fsp3) is 0. The van der Waals surface area contributed by atoms with Gasteiger partial charge in [-0.2, -0.15) is 9.61 Å². The van der Waals surface area contributed by atoms with E-state index < -0.39 is 0 Å². The number of rotatable bonds is 1. The van der Waals surface area contributed by atoms with Crippen molar-refractivity contribution in [2.45, 2.75) is 0 Å². The molecule has 0 unspecified atom stereocenters. The molecule has 0 aliphatic heterocycles. The minimum Gasteiger partial charge on any atom is -0.399 e. The van der Waals surface area contributed by atoms with Gasteiger partial charge < -0.3 is 5.73 Å². The second-order valence-corrected chi connectivity index (χ2v) is 3.48. The van der Waals surface area contributed by atoms with E-state index in [1.807, 2.05) is 36.4 Å². The maximum absolute atomic E-state index is 5.73. The Hall–Kier alpha value is -2.43. The van der Waals surface area contributed by atoms with Gasteiger partial charge in [0.25, 0.3) is 0 Å². The molecule has 0 aliphatic rings. The van der Waals surface area contributed by atoms with E-state index in [0.717, 1.165) is 22.6 Å². The van der Waals surface area contributed by atoms with Gasteiger partial charge in [-0.25, -0.2) is 0 Å². The Bertz CT molecular complexity index is 643. The van der Waals surface area contributed by atoms with Crippen molar-refractivity contribution in [3.63, 3.8) is 0 Å². The minimum atomic E-state index is 0.725. The lowest BCUT2D eigenvalue weighted by atomic mass is 10.1. The van der Waals surface area contributed by atoms with Crippen LogP contribution in [-0.2, 0) is 0 Å². The van der Waals surface area contributed by atoms with Gasteiger partial charge in [-0.3, -0.25) is 0 Å². The van der Waals surface area contributed by atoms with Crippen molar-refractivity contribution in [2.75, 3.05) is 5.73 Å². The maximum atomic E-state index is 5.73. The Morgan fingerprint density at radius 2 is 2.06 bits per heavy atom. The Morgan fingerprint density at radius 3 is 2.94 bits per heavy atom. The molecule has 0 fully saturated rings. The summed E-state index contributed by atoms with van der Waals surface area (Å²) in [6.07, 6.45) is 1.57. The number of nitrogen functional groups attached to an aromatic ring is 1. The molecule has 3 rings (SSSR count). The lowest BCUT2D eigenvalue weighted by molar-refractivity contribution is 0.932. The van der Waals surface area contributed by atoms with Gasteiger partial charge in [0.05, 0.1) is 5.69 Å². The van der Waals surface area contributed by atoms with Gasteiger partial charge in [0.2, 0.25) is 0 Å². The van der Waals surface area contributed by atoms with E-state index in [-0.39, 0.29) is 0 Å². The van der Waals surface area contributed by atoms with Crippen molar-refractivity contribution in [1.82, 2.24) is 19.8 Å². The first kappa shape index (κ1) is 8.84. The molecule has 5 nitrogen and oxygen atoms in total. The Balaban J connectivity index is 2.18. The van der Waals surface area contributed by atoms with Gasteiger partial charge >= 0.3 is 0 Å². The molecule has 0 saturated carbocycles. The summed E-state index contributed by atoms with van der Waals surface area (Å²) in [5, 5.41) is 12.1. The number of hydrogen-bond donors (Lipinski definition) is 1. The highest BCUT2D eigenvalue weighted by molar-refractivity contribution is 5.64. The van der Waals surface area contributed by atoms with Gasteiger partial charge in [-0.05, 0) is 24.3 Å². The zero-order valence-corrected chi connectivity index (χ0v) is 8.41. The van der Waals surface area contributed by atoms with Crippen LogP contribution in [0.4, 0.5) is 5.69 Å². The Labute approximate surface area is 91.5 Å². The molecule has 0 radical (unpaired) electrons. The number of hydrogen-bond acceptors (Lipinski definition) is 4. The summed E-state index contributed by atoms with van der Waals surface area (Å²) in [5.41, 5.74) is 9.01. The number of benzene rings is 1. The molecule has 5 heteroatoms. The van der Waals surface area contributed by atoms with Crippen LogP contribution in [0.2, 0.25) is 0 Å². The van der Waals surface area contributed by atoms with E-state index in [4.69, 9.17) is 5.73 Å². The normalized spacial score (nSPS) is 10.8. The van der Waals surface area contributed by atoms with Crippen LogP contribution in [0.15, 0.2) is 42.7 Å². The Morgan fingerprint density at radius 1 is 1.12 bits per heavy atom. The van der Waals surface area contributed by atoms with Crippen LogP contribution in [0.1, 0.15) is 0 Å². The molecule has 0 saturated heterocycles. The van der Waals surface area contributed by atoms with Gasteiger partial charge in [0, 0.05) is 11.3 Å². The molecule has 1 aromatic carbocycles. The summed E-state index contributed by atoms with van der Waals surface area (Å²) < 4.78 is 1.64. The second kappa shape index (κ2) is 3.30. The molecule has 2 N–H and O–H groups in total. The molecule has 78 valence electrons. The molecule has 0 atom stereocenters. The molecule has 2 heterocycles. The average molecular weight is 211 g/mol. The predicted octanol–water partition coefficient (Wildman–Crippen LogP) is 1.37. The smallest absolute Gasteiger partial charge is 0.177 e. The monoisotopic (exact) mass is 211 g/mol. The first-order chi connectivity index (χ1) is 7.83.